The molecule has 1 atom stereocenters. The summed E-state index contributed by atoms with van der Waals surface area (Å²) in [6, 6.07) is 0.622. The minimum absolute atomic E-state index is 0.0916. The lowest BCUT2D eigenvalue weighted by atomic mass is 9.89. The third kappa shape index (κ3) is 2.45. The van der Waals surface area contributed by atoms with Gasteiger partial charge < -0.3 is 15.7 Å². The van der Waals surface area contributed by atoms with E-state index in [0.29, 0.717) is 12.1 Å². The molecule has 1 amide bonds. The summed E-state index contributed by atoms with van der Waals surface area (Å²) in [5, 5.41) is 15.2. The van der Waals surface area contributed by atoms with E-state index in [-0.39, 0.29) is 18.1 Å². The fourth-order valence-corrected chi connectivity index (χ4v) is 1.71. The first kappa shape index (κ1) is 9.93. The van der Waals surface area contributed by atoms with Crippen molar-refractivity contribution in [3.63, 3.8) is 0 Å². The third-order valence-electron chi connectivity index (χ3n) is 2.92. The number of carbonyl (C=O) groups is 1. The van der Waals surface area contributed by atoms with Crippen LogP contribution in [0.1, 0.15) is 32.6 Å². The summed E-state index contributed by atoms with van der Waals surface area (Å²) in [7, 11) is 0. The van der Waals surface area contributed by atoms with Crippen LogP contribution in [-0.4, -0.2) is 35.2 Å². The molecule has 0 aromatic carbocycles. The van der Waals surface area contributed by atoms with E-state index >= 15 is 0 Å². The molecular formula is C10H18N2O2. The summed E-state index contributed by atoms with van der Waals surface area (Å²) < 4.78 is 0. The van der Waals surface area contributed by atoms with Crippen LogP contribution in [-0.2, 0) is 4.79 Å². The first-order valence-corrected chi connectivity index (χ1v) is 5.39. The zero-order valence-corrected chi connectivity index (χ0v) is 8.49. The fraction of sp³-hybridized carbons (Fsp3) is 0.900. The van der Waals surface area contributed by atoms with Crippen molar-refractivity contribution in [2.45, 2.75) is 56.8 Å². The zero-order valence-electron chi connectivity index (χ0n) is 8.49. The Morgan fingerprint density at radius 2 is 2.00 bits per heavy atom. The maximum atomic E-state index is 11.5. The van der Waals surface area contributed by atoms with E-state index in [4.69, 9.17) is 5.11 Å². The van der Waals surface area contributed by atoms with Crippen LogP contribution in [0.15, 0.2) is 0 Å². The van der Waals surface area contributed by atoms with E-state index < -0.39 is 0 Å². The van der Waals surface area contributed by atoms with Crippen molar-refractivity contribution in [3.8, 4) is 0 Å². The Balaban J connectivity index is 1.66. The van der Waals surface area contributed by atoms with E-state index in [2.05, 4.69) is 10.6 Å². The number of aliphatic hydroxyl groups is 1. The van der Waals surface area contributed by atoms with E-state index in [9.17, 15) is 4.79 Å². The Bertz CT molecular complexity index is 222. The molecule has 2 aliphatic carbocycles. The minimum atomic E-state index is -0.161. The molecule has 14 heavy (non-hydrogen) atoms. The number of hydrogen-bond donors (Lipinski definition) is 3. The van der Waals surface area contributed by atoms with Crippen molar-refractivity contribution in [2.24, 2.45) is 0 Å². The second-order valence-electron chi connectivity index (χ2n) is 4.49. The standard InChI is InChI=1S/C10H18N2O2/c1-6(10(14)12-7-2-3-7)11-8-4-9(13)5-8/h6-9,11,13H,2-5H2,1H3,(H,12,14). The van der Waals surface area contributed by atoms with Gasteiger partial charge in [-0.1, -0.05) is 0 Å². The number of rotatable bonds is 4. The normalized spacial score (nSPS) is 33.3. The van der Waals surface area contributed by atoms with Crippen LogP contribution in [0, 0.1) is 0 Å². The smallest absolute Gasteiger partial charge is 0.237 e. The Hall–Kier alpha value is -0.610. The fourth-order valence-electron chi connectivity index (χ4n) is 1.71. The highest BCUT2D eigenvalue weighted by atomic mass is 16.3. The molecule has 2 fully saturated rings. The molecule has 0 radical (unpaired) electrons. The highest BCUT2D eigenvalue weighted by Gasteiger charge is 2.31. The van der Waals surface area contributed by atoms with Gasteiger partial charge in [0.15, 0.2) is 0 Å². The molecule has 80 valence electrons. The second kappa shape index (κ2) is 3.87. The van der Waals surface area contributed by atoms with E-state index in [1.54, 1.807) is 0 Å². The Morgan fingerprint density at radius 3 is 2.50 bits per heavy atom. The van der Waals surface area contributed by atoms with Gasteiger partial charge in [0.1, 0.15) is 0 Å². The molecule has 0 aromatic heterocycles. The van der Waals surface area contributed by atoms with Crippen molar-refractivity contribution in [1.82, 2.24) is 10.6 Å². The highest BCUT2D eigenvalue weighted by molar-refractivity contribution is 5.81. The van der Waals surface area contributed by atoms with Gasteiger partial charge in [0.2, 0.25) is 5.91 Å². The summed E-state index contributed by atoms with van der Waals surface area (Å²) in [5.41, 5.74) is 0. The molecule has 2 saturated carbocycles. The van der Waals surface area contributed by atoms with Gasteiger partial charge in [0, 0.05) is 12.1 Å². The molecule has 2 aliphatic rings. The molecule has 4 heteroatoms. The number of aliphatic hydroxyl groups excluding tert-OH is 1. The predicted octanol–water partition coefficient (Wildman–Crippen LogP) is -0.234. The van der Waals surface area contributed by atoms with Crippen LogP contribution in [0.2, 0.25) is 0 Å². The number of amides is 1. The quantitative estimate of drug-likeness (QED) is 0.584. The Morgan fingerprint density at radius 1 is 1.36 bits per heavy atom. The number of hydrogen-bond acceptors (Lipinski definition) is 3. The van der Waals surface area contributed by atoms with Gasteiger partial charge >= 0.3 is 0 Å². The van der Waals surface area contributed by atoms with Crippen molar-refractivity contribution < 1.29 is 9.90 Å². The third-order valence-corrected chi connectivity index (χ3v) is 2.92. The largest absolute Gasteiger partial charge is 0.393 e. The molecule has 0 aliphatic heterocycles. The van der Waals surface area contributed by atoms with Gasteiger partial charge in [-0.2, -0.15) is 0 Å². The minimum Gasteiger partial charge on any atom is -0.393 e. The van der Waals surface area contributed by atoms with E-state index in [0.717, 1.165) is 25.7 Å². The van der Waals surface area contributed by atoms with Crippen molar-refractivity contribution in [1.29, 1.82) is 0 Å². The lowest BCUT2D eigenvalue weighted by Gasteiger charge is -2.34. The molecule has 0 saturated heterocycles. The maximum absolute atomic E-state index is 11.5. The van der Waals surface area contributed by atoms with E-state index in [1.807, 2.05) is 6.92 Å². The lowest BCUT2D eigenvalue weighted by molar-refractivity contribution is -0.123. The molecule has 4 nitrogen and oxygen atoms in total. The lowest BCUT2D eigenvalue weighted by Crippen LogP contribution is -2.52. The van der Waals surface area contributed by atoms with Gasteiger partial charge in [-0.3, -0.25) is 4.79 Å². The number of carbonyl (C=O) groups excluding carboxylic acids is 1. The van der Waals surface area contributed by atoms with Crippen LogP contribution in [0.4, 0.5) is 0 Å². The monoisotopic (exact) mass is 198 g/mol. The average Bonchev–Trinajstić information content (AvgIpc) is 2.85. The van der Waals surface area contributed by atoms with Crippen LogP contribution >= 0.6 is 0 Å². The van der Waals surface area contributed by atoms with Gasteiger partial charge in [-0.05, 0) is 32.6 Å². The zero-order chi connectivity index (χ0) is 10.1. The summed E-state index contributed by atoms with van der Waals surface area (Å²) in [4.78, 5) is 11.5. The van der Waals surface area contributed by atoms with Crippen LogP contribution < -0.4 is 10.6 Å². The first-order valence-electron chi connectivity index (χ1n) is 5.39. The number of nitrogens with one attached hydrogen (secondary N) is 2. The molecule has 0 bridgehead atoms. The summed E-state index contributed by atoms with van der Waals surface area (Å²) in [6.45, 7) is 1.88. The van der Waals surface area contributed by atoms with Crippen LogP contribution in [0.25, 0.3) is 0 Å². The molecule has 1 unspecified atom stereocenters. The molecular weight excluding hydrogens is 180 g/mol. The Kier molecular flexibility index (Phi) is 2.74. The molecule has 0 spiro atoms. The van der Waals surface area contributed by atoms with Crippen molar-refractivity contribution >= 4 is 5.91 Å². The first-order chi connectivity index (χ1) is 6.65. The van der Waals surface area contributed by atoms with E-state index in [1.165, 1.54) is 0 Å². The summed E-state index contributed by atoms with van der Waals surface area (Å²) in [6.07, 6.45) is 3.65. The molecule has 0 heterocycles. The van der Waals surface area contributed by atoms with Crippen molar-refractivity contribution in [2.75, 3.05) is 0 Å². The summed E-state index contributed by atoms with van der Waals surface area (Å²) >= 11 is 0. The molecule has 0 aromatic rings. The van der Waals surface area contributed by atoms with Gasteiger partial charge in [0.25, 0.3) is 0 Å². The molecule has 3 N–H and O–H groups in total. The topological polar surface area (TPSA) is 61.4 Å². The summed E-state index contributed by atoms with van der Waals surface area (Å²) in [5.74, 6) is 0.0916. The second-order valence-corrected chi connectivity index (χ2v) is 4.49. The SMILES string of the molecule is CC(NC1CC(O)C1)C(=O)NC1CC1. The predicted molar refractivity (Wildman–Crippen MR) is 52.8 cm³/mol. The van der Waals surface area contributed by atoms with Crippen LogP contribution in [0.3, 0.4) is 0 Å². The van der Waals surface area contributed by atoms with Gasteiger partial charge in [-0.15, -0.1) is 0 Å². The average molecular weight is 198 g/mol. The highest BCUT2D eigenvalue weighted by Crippen LogP contribution is 2.21. The Labute approximate surface area is 84.1 Å². The van der Waals surface area contributed by atoms with Gasteiger partial charge in [-0.25, -0.2) is 0 Å². The molecule has 2 rings (SSSR count). The van der Waals surface area contributed by atoms with Crippen LogP contribution in [0.5, 0.6) is 0 Å². The van der Waals surface area contributed by atoms with Crippen molar-refractivity contribution in [3.05, 3.63) is 0 Å². The van der Waals surface area contributed by atoms with Gasteiger partial charge in [0.05, 0.1) is 12.1 Å². The maximum Gasteiger partial charge on any atom is 0.237 e.